The highest BCUT2D eigenvalue weighted by Gasteiger charge is 1.95. The van der Waals surface area contributed by atoms with Crippen LogP contribution in [0.15, 0.2) is 18.2 Å². The van der Waals surface area contributed by atoms with Crippen molar-refractivity contribution in [2.24, 2.45) is 0 Å². The van der Waals surface area contributed by atoms with Crippen molar-refractivity contribution >= 4 is 11.4 Å². The van der Waals surface area contributed by atoms with Crippen molar-refractivity contribution in [3.63, 3.8) is 0 Å². The number of benzene rings is 1. The fourth-order valence-corrected chi connectivity index (χ4v) is 0.661. The van der Waals surface area contributed by atoms with E-state index in [9.17, 15) is 4.39 Å². The van der Waals surface area contributed by atoms with Crippen LogP contribution in [0.5, 0.6) is 0 Å². The Hall–Kier alpha value is -1.56. The summed E-state index contributed by atoms with van der Waals surface area (Å²) in [7, 11) is 0. The predicted molar refractivity (Wildman–Crippen MR) is 37.1 cm³/mol. The van der Waals surface area contributed by atoms with Gasteiger partial charge in [-0.25, -0.2) is 9.24 Å². The molecule has 0 aliphatic carbocycles. The fraction of sp³-hybridized carbons (Fsp3) is 0. The molecule has 3 heteroatoms. The number of hydrogen-bond donors (Lipinski definition) is 1. The summed E-state index contributed by atoms with van der Waals surface area (Å²) in [5.41, 5.74) is 5.77. The number of nitrogen functional groups attached to an aromatic ring is 1. The van der Waals surface area contributed by atoms with Crippen LogP contribution in [0.1, 0.15) is 0 Å². The highest BCUT2D eigenvalue weighted by Crippen LogP contribution is 2.17. The summed E-state index contributed by atoms with van der Waals surface area (Å²) in [4.78, 5) is 3.02. The number of anilines is 1. The second-order valence-corrected chi connectivity index (χ2v) is 1.85. The Bertz CT molecular complexity index is 268. The minimum atomic E-state index is -0.467. The van der Waals surface area contributed by atoms with Crippen LogP contribution in [0.4, 0.5) is 15.8 Å². The standard InChI is InChI=1S/C7H5FN2/c1-10-7-3-5(8)2-6(9)4-7/h2-4H,9H2. The lowest BCUT2D eigenvalue weighted by Crippen LogP contribution is -1.84. The number of nitrogens with zero attached hydrogens (tertiary/aromatic N) is 1. The third-order valence-electron chi connectivity index (χ3n) is 1.03. The van der Waals surface area contributed by atoms with Gasteiger partial charge < -0.3 is 5.73 Å². The van der Waals surface area contributed by atoms with Gasteiger partial charge in [-0.1, -0.05) is 0 Å². The maximum Gasteiger partial charge on any atom is 0.192 e. The zero-order chi connectivity index (χ0) is 7.56. The molecule has 2 nitrogen and oxygen atoms in total. The van der Waals surface area contributed by atoms with E-state index in [0.29, 0.717) is 0 Å². The molecule has 0 atom stereocenters. The van der Waals surface area contributed by atoms with Gasteiger partial charge in [0.2, 0.25) is 0 Å². The summed E-state index contributed by atoms with van der Waals surface area (Å²) in [5.74, 6) is -0.467. The highest BCUT2D eigenvalue weighted by atomic mass is 19.1. The van der Waals surface area contributed by atoms with Gasteiger partial charge in [-0.2, -0.15) is 0 Å². The predicted octanol–water partition coefficient (Wildman–Crippen LogP) is 1.96. The van der Waals surface area contributed by atoms with Crippen LogP contribution in [0.25, 0.3) is 4.85 Å². The third-order valence-corrected chi connectivity index (χ3v) is 1.03. The zero-order valence-electron chi connectivity index (χ0n) is 5.13. The Morgan fingerprint density at radius 1 is 1.40 bits per heavy atom. The topological polar surface area (TPSA) is 30.4 Å². The minimum Gasteiger partial charge on any atom is -0.400 e. The smallest absolute Gasteiger partial charge is 0.192 e. The van der Waals surface area contributed by atoms with Crippen LogP contribution >= 0.6 is 0 Å². The molecule has 0 heterocycles. The van der Waals surface area contributed by atoms with Gasteiger partial charge in [0, 0.05) is 5.69 Å². The van der Waals surface area contributed by atoms with Crippen LogP contribution < -0.4 is 5.73 Å². The second kappa shape index (κ2) is 2.36. The first-order chi connectivity index (χ1) is 4.72. The molecule has 0 aromatic heterocycles. The van der Waals surface area contributed by atoms with Crippen LogP contribution in [-0.4, -0.2) is 0 Å². The van der Waals surface area contributed by atoms with E-state index in [1.807, 2.05) is 0 Å². The lowest BCUT2D eigenvalue weighted by atomic mass is 10.3. The summed E-state index contributed by atoms with van der Waals surface area (Å²) in [6, 6.07) is 3.74. The number of nitrogens with two attached hydrogens (primary N) is 1. The van der Waals surface area contributed by atoms with Crippen molar-refractivity contribution in [2.75, 3.05) is 5.73 Å². The summed E-state index contributed by atoms with van der Waals surface area (Å²) in [5, 5.41) is 0. The fourth-order valence-electron chi connectivity index (χ4n) is 0.661. The average Bonchev–Trinajstić information content (AvgIpc) is 1.85. The maximum atomic E-state index is 12.4. The minimum absolute atomic E-state index is 0.234. The molecule has 1 rings (SSSR count). The molecule has 0 radical (unpaired) electrons. The van der Waals surface area contributed by atoms with E-state index >= 15 is 0 Å². The van der Waals surface area contributed by atoms with E-state index in [-0.39, 0.29) is 11.4 Å². The van der Waals surface area contributed by atoms with Gasteiger partial charge in [0.15, 0.2) is 5.69 Å². The van der Waals surface area contributed by atoms with Crippen molar-refractivity contribution in [3.8, 4) is 0 Å². The number of rotatable bonds is 0. The van der Waals surface area contributed by atoms with Crippen LogP contribution in [0, 0.1) is 12.4 Å². The van der Waals surface area contributed by atoms with Crippen LogP contribution in [-0.2, 0) is 0 Å². The molecule has 0 aliphatic rings. The van der Waals surface area contributed by atoms with Crippen LogP contribution in [0.3, 0.4) is 0 Å². The molecule has 1 aromatic carbocycles. The van der Waals surface area contributed by atoms with E-state index in [0.717, 1.165) is 6.07 Å². The zero-order valence-corrected chi connectivity index (χ0v) is 5.13. The lowest BCUT2D eigenvalue weighted by molar-refractivity contribution is 0.629. The summed E-state index contributed by atoms with van der Waals surface area (Å²) in [6.45, 7) is 6.54. The number of halogens is 1. The Morgan fingerprint density at radius 2 is 2.10 bits per heavy atom. The van der Waals surface area contributed by atoms with E-state index in [1.165, 1.54) is 12.1 Å². The first-order valence-electron chi connectivity index (χ1n) is 2.66. The Morgan fingerprint density at radius 3 is 2.60 bits per heavy atom. The van der Waals surface area contributed by atoms with Crippen molar-refractivity contribution in [3.05, 3.63) is 35.4 Å². The third kappa shape index (κ3) is 1.23. The molecule has 50 valence electrons. The summed E-state index contributed by atoms with van der Waals surface area (Å²) < 4.78 is 12.4. The van der Waals surface area contributed by atoms with Crippen molar-refractivity contribution in [2.45, 2.75) is 0 Å². The largest absolute Gasteiger partial charge is 0.400 e. The van der Waals surface area contributed by atoms with Gasteiger partial charge in [0.1, 0.15) is 5.82 Å². The first kappa shape index (κ1) is 6.56. The lowest BCUT2D eigenvalue weighted by Gasteiger charge is -1.92. The number of hydrogen-bond acceptors (Lipinski definition) is 1. The Kier molecular flexibility index (Phi) is 1.55. The van der Waals surface area contributed by atoms with Gasteiger partial charge in [-0.3, -0.25) is 0 Å². The molecular weight excluding hydrogens is 131 g/mol. The highest BCUT2D eigenvalue weighted by molar-refractivity contribution is 5.55. The molecule has 0 bridgehead atoms. The van der Waals surface area contributed by atoms with Gasteiger partial charge in [-0.05, 0) is 18.2 Å². The van der Waals surface area contributed by atoms with Gasteiger partial charge in [-0.15, -0.1) is 0 Å². The molecule has 0 fully saturated rings. The normalized spacial score (nSPS) is 8.80. The molecular formula is C7H5FN2. The SMILES string of the molecule is [C-]#[N+]c1cc(N)cc(F)c1. The van der Waals surface area contributed by atoms with Gasteiger partial charge in [0.05, 0.1) is 6.57 Å². The van der Waals surface area contributed by atoms with E-state index in [1.54, 1.807) is 0 Å². The Labute approximate surface area is 57.9 Å². The van der Waals surface area contributed by atoms with Crippen molar-refractivity contribution in [1.29, 1.82) is 0 Å². The van der Waals surface area contributed by atoms with Gasteiger partial charge >= 0.3 is 0 Å². The van der Waals surface area contributed by atoms with Crippen molar-refractivity contribution < 1.29 is 4.39 Å². The quantitative estimate of drug-likeness (QED) is 0.429. The maximum absolute atomic E-state index is 12.4. The summed E-state index contributed by atoms with van der Waals surface area (Å²) in [6.07, 6.45) is 0. The molecule has 2 N–H and O–H groups in total. The van der Waals surface area contributed by atoms with E-state index in [2.05, 4.69) is 4.85 Å². The molecule has 0 aliphatic heterocycles. The molecule has 0 amide bonds. The Balaban J connectivity index is 3.22. The molecule has 0 saturated heterocycles. The average molecular weight is 136 g/mol. The molecule has 10 heavy (non-hydrogen) atoms. The van der Waals surface area contributed by atoms with E-state index in [4.69, 9.17) is 12.3 Å². The van der Waals surface area contributed by atoms with E-state index < -0.39 is 5.82 Å². The molecule has 1 aromatic rings. The molecule has 0 saturated carbocycles. The molecule has 0 unspecified atom stereocenters. The van der Waals surface area contributed by atoms with Gasteiger partial charge in [0.25, 0.3) is 0 Å². The molecule has 0 spiro atoms. The van der Waals surface area contributed by atoms with Crippen molar-refractivity contribution in [1.82, 2.24) is 0 Å². The van der Waals surface area contributed by atoms with Crippen LogP contribution in [0.2, 0.25) is 0 Å². The summed E-state index contributed by atoms with van der Waals surface area (Å²) >= 11 is 0. The first-order valence-corrected chi connectivity index (χ1v) is 2.66. The monoisotopic (exact) mass is 136 g/mol. The second-order valence-electron chi connectivity index (χ2n) is 1.85.